The summed E-state index contributed by atoms with van der Waals surface area (Å²) in [5.74, 6) is 0.599. The number of nitrogens with two attached hydrogens (primary N) is 1. The monoisotopic (exact) mass is 359 g/mol. The standard InChI is InChI=1S/C22H37N3O/c1-18(2)16-20(23)17-22(3)13-9-15-25(22)21(26)24-14-8-7-12-19-10-5-4-6-11-19/h4-6,10-11,18,20H,7-9,12-17,23H2,1-3H3,(H,24,26)/t20?,22-/m0/s1. The normalized spacial score (nSPS) is 21.2. The van der Waals surface area contributed by atoms with E-state index in [-0.39, 0.29) is 17.6 Å². The molecule has 3 N–H and O–H groups in total. The molecule has 1 saturated heterocycles. The Kier molecular flexibility index (Phi) is 7.95. The molecule has 0 aliphatic carbocycles. The van der Waals surface area contributed by atoms with Gasteiger partial charge in [-0.1, -0.05) is 44.2 Å². The number of likely N-dealkylation sites (tertiary alicyclic amines) is 1. The molecule has 1 fully saturated rings. The molecule has 1 aliphatic heterocycles. The van der Waals surface area contributed by atoms with E-state index in [1.807, 2.05) is 11.0 Å². The Morgan fingerprint density at radius 1 is 1.27 bits per heavy atom. The molecule has 146 valence electrons. The lowest BCUT2D eigenvalue weighted by Gasteiger charge is -2.37. The van der Waals surface area contributed by atoms with Crippen molar-refractivity contribution in [1.29, 1.82) is 0 Å². The highest BCUT2D eigenvalue weighted by atomic mass is 16.2. The maximum Gasteiger partial charge on any atom is 0.317 e. The molecule has 0 radical (unpaired) electrons. The number of rotatable bonds is 9. The van der Waals surface area contributed by atoms with Gasteiger partial charge < -0.3 is 16.0 Å². The number of carbonyl (C=O) groups is 1. The topological polar surface area (TPSA) is 58.4 Å². The van der Waals surface area contributed by atoms with Crippen LogP contribution in [0.5, 0.6) is 0 Å². The van der Waals surface area contributed by atoms with Crippen LogP contribution in [0.2, 0.25) is 0 Å². The Labute approximate surface area is 159 Å². The number of hydrogen-bond donors (Lipinski definition) is 2. The molecular formula is C22H37N3O. The summed E-state index contributed by atoms with van der Waals surface area (Å²) in [4.78, 5) is 14.7. The molecule has 2 atom stereocenters. The Hall–Kier alpha value is -1.55. The zero-order chi connectivity index (χ0) is 19.0. The number of hydrogen-bond acceptors (Lipinski definition) is 2. The van der Waals surface area contributed by atoms with Crippen molar-refractivity contribution < 1.29 is 4.79 Å². The van der Waals surface area contributed by atoms with Crippen molar-refractivity contribution in [3.63, 3.8) is 0 Å². The summed E-state index contributed by atoms with van der Waals surface area (Å²) >= 11 is 0. The van der Waals surface area contributed by atoms with Gasteiger partial charge in [-0.3, -0.25) is 0 Å². The molecule has 26 heavy (non-hydrogen) atoms. The van der Waals surface area contributed by atoms with Crippen LogP contribution in [0.25, 0.3) is 0 Å². The summed E-state index contributed by atoms with van der Waals surface area (Å²) in [6, 6.07) is 10.8. The lowest BCUT2D eigenvalue weighted by atomic mass is 9.87. The number of aryl methyl sites for hydroxylation is 1. The third-order valence-electron chi connectivity index (χ3n) is 5.48. The Balaban J connectivity index is 1.73. The van der Waals surface area contributed by atoms with Crippen molar-refractivity contribution in [2.24, 2.45) is 11.7 Å². The van der Waals surface area contributed by atoms with E-state index in [4.69, 9.17) is 5.73 Å². The molecule has 1 unspecified atom stereocenters. The first-order valence-corrected chi connectivity index (χ1v) is 10.3. The van der Waals surface area contributed by atoms with Crippen molar-refractivity contribution in [1.82, 2.24) is 10.2 Å². The van der Waals surface area contributed by atoms with Crippen LogP contribution in [0.4, 0.5) is 4.79 Å². The number of nitrogens with one attached hydrogen (secondary N) is 1. The number of nitrogens with zero attached hydrogens (tertiary/aromatic N) is 1. The van der Waals surface area contributed by atoms with Gasteiger partial charge in [0.05, 0.1) is 0 Å². The number of carbonyl (C=O) groups excluding carboxylic acids is 1. The Bertz CT molecular complexity index is 546. The number of benzene rings is 1. The van der Waals surface area contributed by atoms with Gasteiger partial charge in [-0.15, -0.1) is 0 Å². The first-order valence-electron chi connectivity index (χ1n) is 10.3. The highest BCUT2D eigenvalue weighted by Gasteiger charge is 2.40. The van der Waals surface area contributed by atoms with Crippen molar-refractivity contribution in [3.05, 3.63) is 35.9 Å². The molecule has 0 saturated carbocycles. The molecule has 0 aromatic heterocycles. The van der Waals surface area contributed by atoms with Gasteiger partial charge in [0.25, 0.3) is 0 Å². The molecule has 1 aromatic carbocycles. The fourth-order valence-electron chi connectivity index (χ4n) is 4.23. The van der Waals surface area contributed by atoms with Gasteiger partial charge in [0.15, 0.2) is 0 Å². The largest absolute Gasteiger partial charge is 0.338 e. The van der Waals surface area contributed by atoms with Crippen LogP contribution in [0, 0.1) is 5.92 Å². The SMILES string of the molecule is CC(C)CC(N)C[C@]1(C)CCCN1C(=O)NCCCCc1ccccc1. The van der Waals surface area contributed by atoms with Crippen molar-refractivity contribution >= 4 is 6.03 Å². The zero-order valence-electron chi connectivity index (χ0n) is 16.8. The number of unbranched alkanes of at least 4 members (excludes halogenated alkanes) is 1. The first kappa shape index (κ1) is 20.8. The maximum atomic E-state index is 12.7. The molecule has 1 aliphatic rings. The van der Waals surface area contributed by atoms with E-state index in [1.165, 1.54) is 5.56 Å². The molecule has 0 spiro atoms. The van der Waals surface area contributed by atoms with Gasteiger partial charge in [-0.25, -0.2) is 4.79 Å². The summed E-state index contributed by atoms with van der Waals surface area (Å²) in [6.07, 6.45) is 7.23. The minimum atomic E-state index is -0.0948. The summed E-state index contributed by atoms with van der Waals surface area (Å²) in [5, 5.41) is 3.13. The second kappa shape index (κ2) is 9.96. The maximum absolute atomic E-state index is 12.7. The quantitative estimate of drug-likeness (QED) is 0.645. The van der Waals surface area contributed by atoms with Gasteiger partial charge in [0.2, 0.25) is 0 Å². The molecule has 0 bridgehead atoms. The van der Waals surface area contributed by atoms with E-state index >= 15 is 0 Å². The molecule has 4 heteroatoms. The zero-order valence-corrected chi connectivity index (χ0v) is 16.8. The van der Waals surface area contributed by atoms with Gasteiger partial charge in [-0.2, -0.15) is 0 Å². The summed E-state index contributed by atoms with van der Waals surface area (Å²) in [6.45, 7) is 8.21. The van der Waals surface area contributed by atoms with Crippen molar-refractivity contribution in [2.75, 3.05) is 13.1 Å². The summed E-state index contributed by atoms with van der Waals surface area (Å²) in [7, 11) is 0. The highest BCUT2D eigenvalue weighted by molar-refractivity contribution is 5.75. The van der Waals surface area contributed by atoms with Crippen LogP contribution < -0.4 is 11.1 Å². The van der Waals surface area contributed by atoms with Gasteiger partial charge in [0.1, 0.15) is 0 Å². The third-order valence-corrected chi connectivity index (χ3v) is 5.48. The van der Waals surface area contributed by atoms with Crippen LogP contribution in [0.3, 0.4) is 0 Å². The van der Waals surface area contributed by atoms with Crippen LogP contribution >= 0.6 is 0 Å². The van der Waals surface area contributed by atoms with E-state index in [2.05, 4.69) is 50.4 Å². The average Bonchev–Trinajstić information content (AvgIpc) is 2.95. The molecule has 2 rings (SSSR count). The van der Waals surface area contributed by atoms with Crippen LogP contribution in [0.1, 0.15) is 64.9 Å². The minimum Gasteiger partial charge on any atom is -0.338 e. The van der Waals surface area contributed by atoms with E-state index < -0.39 is 0 Å². The van der Waals surface area contributed by atoms with Crippen LogP contribution in [0.15, 0.2) is 30.3 Å². The van der Waals surface area contributed by atoms with E-state index in [0.29, 0.717) is 5.92 Å². The fraction of sp³-hybridized carbons (Fsp3) is 0.682. The van der Waals surface area contributed by atoms with Crippen molar-refractivity contribution in [2.45, 2.75) is 77.3 Å². The van der Waals surface area contributed by atoms with E-state index in [1.54, 1.807) is 0 Å². The second-order valence-corrected chi connectivity index (χ2v) is 8.52. The first-order chi connectivity index (χ1) is 12.4. The van der Waals surface area contributed by atoms with Crippen molar-refractivity contribution in [3.8, 4) is 0 Å². The predicted octanol–water partition coefficient (Wildman–Crippen LogP) is 4.34. The molecule has 1 aromatic rings. The number of urea groups is 1. The van der Waals surface area contributed by atoms with Gasteiger partial charge >= 0.3 is 6.03 Å². The third kappa shape index (κ3) is 6.31. The fourth-order valence-corrected chi connectivity index (χ4v) is 4.23. The lowest BCUT2D eigenvalue weighted by Crippen LogP contribution is -2.52. The van der Waals surface area contributed by atoms with E-state index in [9.17, 15) is 4.79 Å². The Morgan fingerprint density at radius 3 is 2.69 bits per heavy atom. The van der Waals surface area contributed by atoms with Crippen LogP contribution in [-0.4, -0.2) is 35.6 Å². The summed E-state index contributed by atoms with van der Waals surface area (Å²) < 4.78 is 0. The minimum absolute atomic E-state index is 0.0847. The second-order valence-electron chi connectivity index (χ2n) is 8.52. The van der Waals surface area contributed by atoms with Gasteiger partial charge in [0, 0.05) is 24.7 Å². The molecule has 2 amide bonds. The molecular weight excluding hydrogens is 322 g/mol. The molecule has 4 nitrogen and oxygen atoms in total. The Morgan fingerprint density at radius 2 is 2.00 bits per heavy atom. The molecule has 1 heterocycles. The van der Waals surface area contributed by atoms with E-state index in [0.717, 1.165) is 58.0 Å². The van der Waals surface area contributed by atoms with Gasteiger partial charge in [-0.05, 0) is 63.4 Å². The van der Waals surface area contributed by atoms with Crippen LogP contribution in [-0.2, 0) is 6.42 Å². The predicted molar refractivity (Wildman–Crippen MR) is 109 cm³/mol. The smallest absolute Gasteiger partial charge is 0.317 e. The lowest BCUT2D eigenvalue weighted by molar-refractivity contribution is 0.142. The summed E-state index contributed by atoms with van der Waals surface area (Å²) in [5.41, 5.74) is 7.61. The average molecular weight is 360 g/mol. The highest BCUT2D eigenvalue weighted by Crippen LogP contribution is 2.33. The number of amides is 2.